The van der Waals surface area contributed by atoms with Crippen molar-refractivity contribution < 1.29 is 36.0 Å². The van der Waals surface area contributed by atoms with E-state index in [1.165, 1.54) is 12.1 Å². The van der Waals surface area contributed by atoms with Crippen molar-refractivity contribution in [2.24, 2.45) is 0 Å². The number of sulfonamides is 1. The third kappa shape index (κ3) is 5.79. The highest BCUT2D eigenvalue weighted by atomic mass is 79.9. The number of aromatic nitrogens is 2. The summed E-state index contributed by atoms with van der Waals surface area (Å²) in [5.41, 5.74) is 0.204. The summed E-state index contributed by atoms with van der Waals surface area (Å²) < 4.78 is 74.5. The molecule has 36 heavy (non-hydrogen) atoms. The van der Waals surface area contributed by atoms with Crippen molar-refractivity contribution in [1.29, 1.82) is 0 Å². The van der Waals surface area contributed by atoms with Gasteiger partial charge in [0.15, 0.2) is 0 Å². The highest BCUT2D eigenvalue weighted by molar-refractivity contribution is 9.10. The largest absolute Gasteiger partial charge is 0.480 e. The third-order valence-electron chi connectivity index (χ3n) is 5.94. The van der Waals surface area contributed by atoms with Gasteiger partial charge in [0.2, 0.25) is 21.7 Å². The van der Waals surface area contributed by atoms with E-state index < -0.39 is 55.3 Å². The Morgan fingerprint density at radius 1 is 1.14 bits per heavy atom. The zero-order chi connectivity index (χ0) is 26.0. The van der Waals surface area contributed by atoms with Crippen LogP contribution in [0.4, 0.5) is 13.2 Å². The Balaban J connectivity index is 1.53. The molecule has 1 saturated carbocycles. The number of halogens is 4. The molecule has 1 fully saturated rings. The lowest BCUT2D eigenvalue weighted by Gasteiger charge is -2.17. The molecular formula is C23H21BrF3N3O5S. The maximum atomic E-state index is 14.9. The summed E-state index contributed by atoms with van der Waals surface area (Å²) in [5, 5.41) is 13.4. The van der Waals surface area contributed by atoms with E-state index in [1.807, 2.05) is 4.72 Å². The number of aliphatic carboxylic acids is 1. The number of carboxylic acids is 1. The van der Waals surface area contributed by atoms with Gasteiger partial charge in [0, 0.05) is 16.5 Å². The molecule has 1 aliphatic carbocycles. The van der Waals surface area contributed by atoms with Crippen LogP contribution in [0.1, 0.15) is 49.5 Å². The molecule has 0 amide bonds. The number of hydrogen-bond acceptors (Lipinski definition) is 6. The van der Waals surface area contributed by atoms with E-state index in [2.05, 4.69) is 26.1 Å². The maximum absolute atomic E-state index is 14.9. The second-order valence-electron chi connectivity index (χ2n) is 8.52. The molecule has 2 N–H and O–H groups in total. The standard InChI is InChI=1S/C23H21BrF3N3O5S/c24-16-10-14(25)11-18(27)20(16)36(33,34)30-19(23(31)32)9-12-6-7-15(17(26)8-12)21-28-22(35-29-21)13-4-2-1-3-5-13/h6-8,10-11,13,19,30H,1-5,9H2,(H,31,32). The van der Waals surface area contributed by atoms with Crippen molar-refractivity contribution in [2.75, 3.05) is 0 Å². The maximum Gasteiger partial charge on any atom is 0.322 e. The van der Waals surface area contributed by atoms with E-state index >= 15 is 0 Å². The van der Waals surface area contributed by atoms with Gasteiger partial charge in [0.1, 0.15) is 28.4 Å². The third-order valence-corrected chi connectivity index (χ3v) is 8.37. The number of nitrogens with zero attached hydrogens (tertiary/aromatic N) is 2. The van der Waals surface area contributed by atoms with Gasteiger partial charge in [-0.15, -0.1) is 0 Å². The fraction of sp³-hybridized carbons (Fsp3) is 0.348. The molecule has 0 spiro atoms. The topological polar surface area (TPSA) is 122 Å². The molecule has 1 heterocycles. The van der Waals surface area contributed by atoms with Crippen LogP contribution < -0.4 is 4.72 Å². The summed E-state index contributed by atoms with van der Waals surface area (Å²) in [6.07, 6.45) is 4.67. The number of rotatable bonds is 8. The molecule has 1 unspecified atom stereocenters. The van der Waals surface area contributed by atoms with Gasteiger partial charge >= 0.3 is 5.97 Å². The van der Waals surface area contributed by atoms with Gasteiger partial charge in [-0.1, -0.05) is 30.5 Å². The molecule has 1 aliphatic rings. The summed E-state index contributed by atoms with van der Waals surface area (Å²) >= 11 is 2.78. The normalized spacial score (nSPS) is 15.7. The quantitative estimate of drug-likeness (QED) is 0.382. The molecule has 192 valence electrons. The second kappa shape index (κ2) is 10.7. The SMILES string of the molecule is O=C(O)C(Cc1ccc(-c2noc(C3CCCCC3)n2)c(F)c1)NS(=O)(=O)c1c(F)cc(F)cc1Br. The Morgan fingerprint density at radius 2 is 1.86 bits per heavy atom. The lowest BCUT2D eigenvalue weighted by atomic mass is 9.89. The van der Waals surface area contributed by atoms with Crippen molar-refractivity contribution in [3.63, 3.8) is 0 Å². The first-order valence-electron chi connectivity index (χ1n) is 11.1. The highest BCUT2D eigenvalue weighted by Gasteiger charge is 2.30. The number of hydrogen-bond donors (Lipinski definition) is 2. The summed E-state index contributed by atoms with van der Waals surface area (Å²) in [4.78, 5) is 15.1. The minimum atomic E-state index is -4.72. The first kappa shape index (κ1) is 26.3. The van der Waals surface area contributed by atoms with Gasteiger partial charge in [-0.05, 0) is 59.0 Å². The van der Waals surface area contributed by atoms with Gasteiger partial charge < -0.3 is 9.63 Å². The van der Waals surface area contributed by atoms with Crippen LogP contribution in [-0.4, -0.2) is 35.7 Å². The highest BCUT2D eigenvalue weighted by Crippen LogP contribution is 2.33. The summed E-state index contributed by atoms with van der Waals surface area (Å²) in [6.45, 7) is 0. The van der Waals surface area contributed by atoms with Gasteiger partial charge in [0.05, 0.1) is 5.56 Å². The predicted molar refractivity (Wildman–Crippen MR) is 125 cm³/mol. The van der Waals surface area contributed by atoms with Crippen molar-refractivity contribution in [3.05, 3.63) is 63.7 Å². The minimum Gasteiger partial charge on any atom is -0.480 e. The van der Waals surface area contributed by atoms with Crippen LogP contribution in [0.15, 0.2) is 44.2 Å². The molecule has 0 aliphatic heterocycles. The Labute approximate surface area is 213 Å². The lowest BCUT2D eigenvalue weighted by molar-refractivity contribution is -0.138. The van der Waals surface area contributed by atoms with Crippen LogP contribution >= 0.6 is 15.9 Å². The molecule has 1 aromatic heterocycles. The molecule has 13 heteroatoms. The van der Waals surface area contributed by atoms with E-state index in [4.69, 9.17) is 4.52 Å². The van der Waals surface area contributed by atoms with Crippen molar-refractivity contribution in [3.8, 4) is 11.4 Å². The summed E-state index contributed by atoms with van der Waals surface area (Å²) in [6, 6.07) is 3.14. The zero-order valence-corrected chi connectivity index (χ0v) is 21.1. The van der Waals surface area contributed by atoms with E-state index in [-0.39, 0.29) is 22.9 Å². The molecule has 0 bridgehead atoms. The van der Waals surface area contributed by atoms with E-state index in [9.17, 15) is 31.5 Å². The summed E-state index contributed by atoms with van der Waals surface area (Å²) in [7, 11) is -4.72. The van der Waals surface area contributed by atoms with Crippen LogP contribution in [0.2, 0.25) is 0 Å². The lowest BCUT2D eigenvalue weighted by Crippen LogP contribution is -2.42. The first-order chi connectivity index (χ1) is 17.0. The molecule has 2 aromatic carbocycles. The molecule has 0 radical (unpaired) electrons. The second-order valence-corrected chi connectivity index (χ2v) is 11.0. The number of carboxylic acid groups (broad SMARTS) is 1. The average molecular weight is 588 g/mol. The summed E-state index contributed by atoms with van der Waals surface area (Å²) in [5.74, 6) is -4.09. The minimum absolute atomic E-state index is 0.0503. The number of benzene rings is 2. The fourth-order valence-electron chi connectivity index (χ4n) is 4.17. The fourth-order valence-corrected chi connectivity index (χ4v) is 6.53. The van der Waals surface area contributed by atoms with Crippen molar-refractivity contribution >= 4 is 31.9 Å². The Kier molecular flexibility index (Phi) is 7.81. The Morgan fingerprint density at radius 3 is 2.50 bits per heavy atom. The average Bonchev–Trinajstić information content (AvgIpc) is 3.28. The molecule has 4 rings (SSSR count). The van der Waals surface area contributed by atoms with Crippen LogP contribution in [0, 0.1) is 17.5 Å². The molecule has 8 nitrogen and oxygen atoms in total. The van der Waals surface area contributed by atoms with Gasteiger partial charge in [-0.3, -0.25) is 4.79 Å². The molecule has 1 atom stereocenters. The van der Waals surface area contributed by atoms with Crippen molar-refractivity contribution in [2.45, 2.75) is 55.4 Å². The molecule has 3 aromatic rings. The van der Waals surface area contributed by atoms with Crippen LogP contribution in [0.25, 0.3) is 11.4 Å². The number of nitrogens with one attached hydrogen (secondary N) is 1. The van der Waals surface area contributed by atoms with Gasteiger partial charge in [-0.25, -0.2) is 21.6 Å². The van der Waals surface area contributed by atoms with E-state index in [0.717, 1.165) is 44.2 Å². The van der Waals surface area contributed by atoms with Crippen LogP contribution in [0.5, 0.6) is 0 Å². The first-order valence-corrected chi connectivity index (χ1v) is 13.3. The smallest absolute Gasteiger partial charge is 0.322 e. The van der Waals surface area contributed by atoms with E-state index in [0.29, 0.717) is 12.0 Å². The molecular weight excluding hydrogens is 567 g/mol. The predicted octanol–water partition coefficient (Wildman–Crippen LogP) is 4.94. The zero-order valence-electron chi connectivity index (χ0n) is 18.7. The number of carbonyl (C=O) groups is 1. The van der Waals surface area contributed by atoms with Crippen molar-refractivity contribution in [1.82, 2.24) is 14.9 Å². The van der Waals surface area contributed by atoms with E-state index in [1.54, 1.807) is 0 Å². The monoisotopic (exact) mass is 587 g/mol. The molecule has 0 saturated heterocycles. The van der Waals surface area contributed by atoms with Crippen LogP contribution in [-0.2, 0) is 21.2 Å². The Bertz CT molecular complexity index is 1370. The van der Waals surface area contributed by atoms with Gasteiger partial charge in [0.25, 0.3) is 0 Å². The van der Waals surface area contributed by atoms with Crippen LogP contribution in [0.3, 0.4) is 0 Å². The van der Waals surface area contributed by atoms with Gasteiger partial charge in [-0.2, -0.15) is 9.71 Å². The Hall–Kier alpha value is -2.77.